The molecule has 1 heterocycles. The first kappa shape index (κ1) is 15.5. The summed E-state index contributed by atoms with van der Waals surface area (Å²) in [5.74, 6) is -0.183. The van der Waals surface area contributed by atoms with Crippen molar-refractivity contribution in [2.24, 2.45) is 0 Å². The quantitative estimate of drug-likeness (QED) is 0.918. The lowest BCUT2D eigenvalue weighted by Gasteiger charge is -2.27. The number of carbonyl (C=O) groups excluding carboxylic acids is 2. The van der Waals surface area contributed by atoms with Crippen LogP contribution in [0.1, 0.15) is 41.0 Å². The summed E-state index contributed by atoms with van der Waals surface area (Å²) in [4.78, 5) is 26.3. The number of hydrogen-bond acceptors (Lipinski definition) is 3. The number of amides is 2. The largest absolute Gasteiger partial charge is 0.378 e. The molecule has 0 radical (unpaired) electrons. The van der Waals surface area contributed by atoms with Crippen LogP contribution in [0.4, 0.5) is 0 Å². The van der Waals surface area contributed by atoms with Crippen LogP contribution < -0.4 is 5.32 Å². The molecule has 0 aliphatic carbocycles. The first-order chi connectivity index (χ1) is 10.1. The van der Waals surface area contributed by atoms with E-state index in [-0.39, 0.29) is 17.9 Å². The van der Waals surface area contributed by atoms with Crippen LogP contribution in [0.15, 0.2) is 24.3 Å². The summed E-state index contributed by atoms with van der Waals surface area (Å²) in [5.41, 5.74) is 1.07. The second-order valence-corrected chi connectivity index (χ2v) is 5.27. The highest BCUT2D eigenvalue weighted by Gasteiger charge is 2.19. The second kappa shape index (κ2) is 7.22. The number of nitrogens with one attached hydrogen (secondary N) is 1. The molecule has 21 heavy (non-hydrogen) atoms. The summed E-state index contributed by atoms with van der Waals surface area (Å²) >= 11 is 0. The van der Waals surface area contributed by atoms with Gasteiger partial charge in [-0.05, 0) is 31.5 Å². The van der Waals surface area contributed by atoms with E-state index in [2.05, 4.69) is 5.32 Å². The van der Waals surface area contributed by atoms with Crippen molar-refractivity contribution >= 4 is 11.8 Å². The van der Waals surface area contributed by atoms with Gasteiger partial charge in [-0.3, -0.25) is 9.59 Å². The van der Waals surface area contributed by atoms with E-state index in [9.17, 15) is 9.59 Å². The van der Waals surface area contributed by atoms with Crippen LogP contribution in [-0.2, 0) is 4.74 Å². The third kappa shape index (κ3) is 4.04. The molecule has 0 aromatic heterocycles. The molecular formula is C16H22N2O3. The molecule has 1 atom stereocenters. The van der Waals surface area contributed by atoms with Crippen molar-refractivity contribution in [1.29, 1.82) is 0 Å². The number of carbonyl (C=O) groups is 2. The molecule has 1 aromatic carbocycles. The summed E-state index contributed by atoms with van der Waals surface area (Å²) in [7, 11) is 0. The van der Waals surface area contributed by atoms with Crippen LogP contribution in [0, 0.1) is 0 Å². The zero-order chi connectivity index (χ0) is 15.2. The zero-order valence-electron chi connectivity index (χ0n) is 12.6. The lowest BCUT2D eigenvalue weighted by atomic mass is 10.1. The van der Waals surface area contributed by atoms with E-state index in [0.29, 0.717) is 37.4 Å². The van der Waals surface area contributed by atoms with Gasteiger partial charge in [0, 0.05) is 30.3 Å². The van der Waals surface area contributed by atoms with E-state index < -0.39 is 0 Å². The molecule has 0 bridgehead atoms. The Morgan fingerprint density at radius 1 is 1.29 bits per heavy atom. The molecular weight excluding hydrogens is 268 g/mol. The molecule has 1 aliphatic heterocycles. The Labute approximate surface area is 125 Å². The minimum absolute atomic E-state index is 0.0449. The fourth-order valence-electron chi connectivity index (χ4n) is 2.15. The summed E-state index contributed by atoms with van der Waals surface area (Å²) in [6.45, 7) is 6.31. The van der Waals surface area contributed by atoms with Crippen molar-refractivity contribution in [3.05, 3.63) is 35.4 Å². The van der Waals surface area contributed by atoms with E-state index in [1.165, 1.54) is 0 Å². The van der Waals surface area contributed by atoms with Gasteiger partial charge in [0.2, 0.25) is 0 Å². The Kier molecular flexibility index (Phi) is 5.33. The van der Waals surface area contributed by atoms with Crippen LogP contribution >= 0.6 is 0 Å². The molecule has 0 spiro atoms. The van der Waals surface area contributed by atoms with Gasteiger partial charge in [0.15, 0.2) is 0 Å². The number of nitrogens with zero attached hydrogens (tertiary/aromatic N) is 1. The van der Waals surface area contributed by atoms with E-state index in [4.69, 9.17) is 4.74 Å². The van der Waals surface area contributed by atoms with Gasteiger partial charge in [0.25, 0.3) is 11.8 Å². The maximum atomic E-state index is 12.4. The van der Waals surface area contributed by atoms with E-state index >= 15 is 0 Å². The first-order valence-electron chi connectivity index (χ1n) is 7.39. The van der Waals surface area contributed by atoms with Gasteiger partial charge in [-0.25, -0.2) is 0 Å². The monoisotopic (exact) mass is 290 g/mol. The molecule has 1 unspecified atom stereocenters. The average molecular weight is 290 g/mol. The molecule has 1 aromatic rings. The molecule has 2 rings (SSSR count). The molecule has 114 valence electrons. The van der Waals surface area contributed by atoms with Crippen LogP contribution in [0.3, 0.4) is 0 Å². The van der Waals surface area contributed by atoms with Gasteiger partial charge in [-0.15, -0.1) is 0 Å². The standard InChI is InChI=1S/C16H22N2O3/c1-3-12(2)17-15(19)13-5-4-6-14(11-13)16(20)18-7-9-21-10-8-18/h4-6,11-12H,3,7-10H2,1-2H3,(H,17,19). The molecule has 5 heteroatoms. The lowest BCUT2D eigenvalue weighted by molar-refractivity contribution is 0.0303. The molecule has 1 saturated heterocycles. The third-order valence-corrected chi connectivity index (χ3v) is 3.66. The highest BCUT2D eigenvalue weighted by Crippen LogP contribution is 2.10. The first-order valence-corrected chi connectivity index (χ1v) is 7.39. The normalized spacial score (nSPS) is 16.4. The average Bonchev–Trinajstić information content (AvgIpc) is 2.55. The van der Waals surface area contributed by atoms with Gasteiger partial charge in [-0.1, -0.05) is 13.0 Å². The van der Waals surface area contributed by atoms with Crippen molar-refractivity contribution in [2.45, 2.75) is 26.3 Å². The highest BCUT2D eigenvalue weighted by atomic mass is 16.5. The maximum absolute atomic E-state index is 12.4. The van der Waals surface area contributed by atoms with Gasteiger partial charge in [-0.2, -0.15) is 0 Å². The lowest BCUT2D eigenvalue weighted by Crippen LogP contribution is -2.40. The van der Waals surface area contributed by atoms with Gasteiger partial charge < -0.3 is 15.0 Å². The SMILES string of the molecule is CCC(C)NC(=O)c1cccc(C(=O)N2CCOCC2)c1. The number of rotatable bonds is 4. The number of ether oxygens (including phenoxy) is 1. The molecule has 1 fully saturated rings. The van der Waals surface area contributed by atoms with Crippen LogP contribution in [0.5, 0.6) is 0 Å². The molecule has 0 saturated carbocycles. The fraction of sp³-hybridized carbons (Fsp3) is 0.500. The predicted molar refractivity (Wildman–Crippen MR) is 80.4 cm³/mol. The Balaban J connectivity index is 2.09. The number of morpholine rings is 1. The molecule has 1 aliphatic rings. The van der Waals surface area contributed by atoms with Gasteiger partial charge >= 0.3 is 0 Å². The summed E-state index contributed by atoms with van der Waals surface area (Å²) in [5, 5.41) is 2.91. The molecule has 5 nitrogen and oxygen atoms in total. The number of benzene rings is 1. The summed E-state index contributed by atoms with van der Waals surface area (Å²) in [6.07, 6.45) is 0.873. The van der Waals surface area contributed by atoms with Crippen molar-refractivity contribution in [3.63, 3.8) is 0 Å². The second-order valence-electron chi connectivity index (χ2n) is 5.27. The summed E-state index contributed by atoms with van der Waals surface area (Å²) < 4.78 is 5.25. The van der Waals surface area contributed by atoms with Gasteiger partial charge in [0.1, 0.15) is 0 Å². The third-order valence-electron chi connectivity index (χ3n) is 3.66. The van der Waals surface area contributed by atoms with E-state index in [1.54, 1.807) is 29.2 Å². The summed E-state index contributed by atoms with van der Waals surface area (Å²) in [6, 6.07) is 7.01. The Morgan fingerprint density at radius 3 is 2.62 bits per heavy atom. The Hall–Kier alpha value is -1.88. The predicted octanol–water partition coefficient (Wildman–Crippen LogP) is 1.69. The number of hydrogen-bond donors (Lipinski definition) is 1. The van der Waals surface area contributed by atoms with Crippen LogP contribution in [0.2, 0.25) is 0 Å². The van der Waals surface area contributed by atoms with E-state index in [0.717, 1.165) is 6.42 Å². The van der Waals surface area contributed by atoms with Crippen molar-refractivity contribution in [1.82, 2.24) is 10.2 Å². The van der Waals surface area contributed by atoms with Crippen molar-refractivity contribution in [2.75, 3.05) is 26.3 Å². The zero-order valence-corrected chi connectivity index (χ0v) is 12.6. The van der Waals surface area contributed by atoms with Crippen molar-refractivity contribution in [3.8, 4) is 0 Å². The molecule has 1 N–H and O–H groups in total. The highest BCUT2D eigenvalue weighted by molar-refractivity contribution is 5.99. The minimum atomic E-state index is -0.138. The van der Waals surface area contributed by atoms with Crippen LogP contribution in [0.25, 0.3) is 0 Å². The Bertz CT molecular complexity index is 510. The maximum Gasteiger partial charge on any atom is 0.254 e. The Morgan fingerprint density at radius 2 is 1.95 bits per heavy atom. The van der Waals surface area contributed by atoms with Crippen LogP contribution in [-0.4, -0.2) is 49.1 Å². The van der Waals surface area contributed by atoms with E-state index in [1.807, 2.05) is 13.8 Å². The van der Waals surface area contributed by atoms with Gasteiger partial charge in [0.05, 0.1) is 13.2 Å². The van der Waals surface area contributed by atoms with Crippen molar-refractivity contribution < 1.29 is 14.3 Å². The fourth-order valence-corrected chi connectivity index (χ4v) is 2.15. The minimum Gasteiger partial charge on any atom is -0.378 e. The smallest absolute Gasteiger partial charge is 0.254 e. The molecule has 2 amide bonds. The topological polar surface area (TPSA) is 58.6 Å².